The molecule has 0 spiro atoms. The number of amides is 4. The topological polar surface area (TPSA) is 75.7 Å². The molecule has 3 aromatic carbocycles. The smallest absolute Gasteiger partial charge is 0.336 e. The van der Waals surface area contributed by atoms with Crippen molar-refractivity contribution < 1.29 is 27.9 Å². The zero-order valence-corrected chi connectivity index (χ0v) is 18.4. The van der Waals surface area contributed by atoms with Gasteiger partial charge in [0.05, 0.1) is 10.2 Å². The molecule has 0 radical (unpaired) electrons. The summed E-state index contributed by atoms with van der Waals surface area (Å²) in [5.74, 6) is -2.52. The first-order chi connectivity index (χ1) is 15.8. The molecule has 3 aromatic rings. The number of barbiturate groups is 1. The highest BCUT2D eigenvalue weighted by Gasteiger charge is 2.37. The molecule has 166 valence electrons. The minimum absolute atomic E-state index is 0.136. The maximum atomic E-state index is 14.2. The molecule has 0 atom stereocenters. The second-order valence-electron chi connectivity index (χ2n) is 7.02. The lowest BCUT2D eigenvalue weighted by molar-refractivity contribution is -0.122. The van der Waals surface area contributed by atoms with Crippen LogP contribution in [0.25, 0.3) is 6.08 Å². The van der Waals surface area contributed by atoms with Gasteiger partial charge in [0.2, 0.25) is 0 Å². The number of benzene rings is 3. The third kappa shape index (κ3) is 4.83. The first-order valence-electron chi connectivity index (χ1n) is 9.66. The van der Waals surface area contributed by atoms with Crippen LogP contribution in [-0.4, -0.2) is 17.8 Å². The van der Waals surface area contributed by atoms with Gasteiger partial charge in [-0.2, -0.15) is 0 Å². The lowest BCUT2D eigenvalue weighted by Gasteiger charge is -2.26. The SMILES string of the molecule is O=C1NC(=O)N(c2ccccc2F)C(=O)/C1=C\c1ccc(OCc2cccc(F)c2)c(Br)c1. The van der Waals surface area contributed by atoms with E-state index in [1.165, 1.54) is 36.4 Å². The van der Waals surface area contributed by atoms with Crippen LogP contribution < -0.4 is 15.0 Å². The van der Waals surface area contributed by atoms with E-state index in [1.54, 1.807) is 30.3 Å². The molecule has 0 aromatic heterocycles. The van der Waals surface area contributed by atoms with Crippen LogP contribution in [0.15, 0.2) is 76.8 Å². The van der Waals surface area contributed by atoms with Gasteiger partial charge in [0.25, 0.3) is 11.8 Å². The molecule has 1 heterocycles. The summed E-state index contributed by atoms with van der Waals surface area (Å²) in [6.07, 6.45) is 1.29. The molecule has 6 nitrogen and oxygen atoms in total. The summed E-state index contributed by atoms with van der Waals surface area (Å²) in [5.41, 5.74) is 0.510. The normalized spacial score (nSPS) is 15.1. The summed E-state index contributed by atoms with van der Waals surface area (Å²) < 4.78 is 33.7. The number of nitrogens with one attached hydrogen (secondary N) is 1. The van der Waals surface area contributed by atoms with Crippen molar-refractivity contribution in [2.24, 2.45) is 0 Å². The molecular weight excluding hydrogens is 498 g/mol. The third-order valence-corrected chi connectivity index (χ3v) is 5.37. The molecule has 1 aliphatic heterocycles. The lowest BCUT2D eigenvalue weighted by atomic mass is 10.1. The molecular formula is C24H15BrF2N2O4. The number of carbonyl (C=O) groups is 3. The van der Waals surface area contributed by atoms with Gasteiger partial charge >= 0.3 is 6.03 Å². The predicted molar refractivity (Wildman–Crippen MR) is 120 cm³/mol. The van der Waals surface area contributed by atoms with E-state index < -0.39 is 23.7 Å². The maximum Gasteiger partial charge on any atom is 0.336 e. The fourth-order valence-electron chi connectivity index (χ4n) is 3.19. The van der Waals surface area contributed by atoms with Crippen LogP contribution in [0.5, 0.6) is 5.75 Å². The average Bonchev–Trinajstić information content (AvgIpc) is 2.77. The van der Waals surface area contributed by atoms with Gasteiger partial charge in [0.15, 0.2) is 0 Å². The second kappa shape index (κ2) is 9.33. The Morgan fingerprint density at radius 3 is 2.48 bits per heavy atom. The van der Waals surface area contributed by atoms with Gasteiger partial charge in [-0.3, -0.25) is 14.9 Å². The molecule has 1 saturated heterocycles. The van der Waals surface area contributed by atoms with Crippen LogP contribution in [0.4, 0.5) is 19.3 Å². The highest BCUT2D eigenvalue weighted by atomic mass is 79.9. The van der Waals surface area contributed by atoms with Crippen LogP contribution in [-0.2, 0) is 16.2 Å². The fourth-order valence-corrected chi connectivity index (χ4v) is 3.70. The van der Waals surface area contributed by atoms with E-state index in [0.29, 0.717) is 26.2 Å². The number of hydrogen-bond acceptors (Lipinski definition) is 4. The largest absolute Gasteiger partial charge is 0.488 e. The standard InChI is InChI=1S/C24H15BrF2N2O4/c25-18-12-14(8-9-21(18)33-13-15-4-3-5-16(26)10-15)11-17-22(30)28-24(32)29(23(17)31)20-7-2-1-6-19(20)27/h1-12H,13H2,(H,28,30,32)/b17-11-. The van der Waals surface area contributed by atoms with Gasteiger partial charge < -0.3 is 4.74 Å². The van der Waals surface area contributed by atoms with Crippen LogP contribution in [0.1, 0.15) is 11.1 Å². The van der Waals surface area contributed by atoms with E-state index in [9.17, 15) is 23.2 Å². The summed E-state index contributed by atoms with van der Waals surface area (Å²) in [4.78, 5) is 38.0. The third-order valence-electron chi connectivity index (χ3n) is 4.75. The second-order valence-corrected chi connectivity index (χ2v) is 7.87. The first-order valence-corrected chi connectivity index (χ1v) is 10.5. The first kappa shape index (κ1) is 22.3. The molecule has 4 rings (SSSR count). The number of ether oxygens (including phenoxy) is 1. The molecule has 0 unspecified atom stereocenters. The van der Waals surface area contributed by atoms with Gasteiger partial charge in [-0.15, -0.1) is 0 Å². The molecule has 33 heavy (non-hydrogen) atoms. The van der Waals surface area contributed by atoms with E-state index in [2.05, 4.69) is 21.2 Å². The van der Waals surface area contributed by atoms with Crippen molar-refractivity contribution in [3.63, 3.8) is 0 Å². The van der Waals surface area contributed by atoms with Gasteiger partial charge in [0.1, 0.15) is 29.6 Å². The lowest BCUT2D eigenvalue weighted by Crippen LogP contribution is -2.54. The Hall–Kier alpha value is -3.85. The van der Waals surface area contributed by atoms with Crippen molar-refractivity contribution in [3.05, 3.63) is 99.5 Å². The van der Waals surface area contributed by atoms with Gasteiger partial charge in [-0.05, 0) is 69.5 Å². The van der Waals surface area contributed by atoms with E-state index in [1.807, 2.05) is 0 Å². The Bertz CT molecular complexity index is 1310. The van der Waals surface area contributed by atoms with Crippen LogP contribution in [0.2, 0.25) is 0 Å². The van der Waals surface area contributed by atoms with Crippen molar-refractivity contribution in [2.75, 3.05) is 4.90 Å². The Kier molecular flexibility index (Phi) is 6.32. The predicted octanol–water partition coefficient (Wildman–Crippen LogP) is 4.97. The molecule has 1 fully saturated rings. The van der Waals surface area contributed by atoms with Gasteiger partial charge in [-0.1, -0.05) is 30.3 Å². The zero-order chi connectivity index (χ0) is 23.5. The van der Waals surface area contributed by atoms with Crippen molar-refractivity contribution >= 4 is 45.5 Å². The number of carbonyl (C=O) groups excluding carboxylic acids is 3. The Balaban J connectivity index is 1.57. The van der Waals surface area contributed by atoms with Crippen molar-refractivity contribution in [1.82, 2.24) is 5.32 Å². The average molecular weight is 513 g/mol. The monoisotopic (exact) mass is 512 g/mol. The highest BCUT2D eigenvalue weighted by molar-refractivity contribution is 9.10. The number of urea groups is 1. The minimum Gasteiger partial charge on any atom is -0.488 e. The summed E-state index contributed by atoms with van der Waals surface area (Å²) in [6.45, 7) is 0.136. The molecule has 1 N–H and O–H groups in total. The summed E-state index contributed by atoms with van der Waals surface area (Å²) in [7, 11) is 0. The Morgan fingerprint density at radius 2 is 1.76 bits per heavy atom. The van der Waals surface area contributed by atoms with E-state index >= 15 is 0 Å². The van der Waals surface area contributed by atoms with Crippen LogP contribution in [0.3, 0.4) is 0 Å². The van der Waals surface area contributed by atoms with E-state index in [4.69, 9.17) is 4.74 Å². The molecule has 0 saturated carbocycles. The Morgan fingerprint density at radius 1 is 0.970 bits per heavy atom. The number of hydrogen-bond donors (Lipinski definition) is 1. The maximum absolute atomic E-state index is 14.2. The van der Waals surface area contributed by atoms with Crippen molar-refractivity contribution in [3.8, 4) is 5.75 Å². The van der Waals surface area contributed by atoms with Crippen LogP contribution in [0, 0.1) is 11.6 Å². The number of anilines is 1. The van der Waals surface area contributed by atoms with Crippen molar-refractivity contribution in [1.29, 1.82) is 0 Å². The van der Waals surface area contributed by atoms with E-state index in [-0.39, 0.29) is 23.7 Å². The fraction of sp³-hybridized carbons (Fsp3) is 0.0417. The van der Waals surface area contributed by atoms with Gasteiger partial charge in [-0.25, -0.2) is 18.5 Å². The van der Waals surface area contributed by atoms with Gasteiger partial charge in [0, 0.05) is 0 Å². The summed E-state index contributed by atoms with van der Waals surface area (Å²) in [6, 6.07) is 15.1. The summed E-state index contributed by atoms with van der Waals surface area (Å²) >= 11 is 3.37. The number of imide groups is 2. The van der Waals surface area contributed by atoms with E-state index in [0.717, 1.165) is 6.07 Å². The molecule has 1 aliphatic rings. The minimum atomic E-state index is -1.03. The summed E-state index contributed by atoms with van der Waals surface area (Å²) in [5, 5.41) is 2.05. The molecule has 9 heteroatoms. The zero-order valence-electron chi connectivity index (χ0n) is 16.8. The molecule has 0 aliphatic carbocycles. The number of para-hydroxylation sites is 1. The molecule has 4 amide bonds. The number of halogens is 3. The number of nitrogens with zero attached hydrogens (tertiary/aromatic N) is 1. The molecule has 0 bridgehead atoms. The highest BCUT2D eigenvalue weighted by Crippen LogP contribution is 2.29. The van der Waals surface area contributed by atoms with Crippen molar-refractivity contribution in [2.45, 2.75) is 6.61 Å². The quantitative estimate of drug-likeness (QED) is 0.386. The number of rotatable bonds is 5. The Labute approximate surface area is 195 Å². The van der Waals surface area contributed by atoms with Crippen LogP contribution >= 0.6 is 15.9 Å².